The summed E-state index contributed by atoms with van der Waals surface area (Å²) in [4.78, 5) is 5.89. The molecule has 0 amide bonds. The summed E-state index contributed by atoms with van der Waals surface area (Å²) in [6.07, 6.45) is 2.11. The molecule has 2 aromatic rings. The van der Waals surface area contributed by atoms with Crippen LogP contribution in [-0.4, -0.2) is 56.7 Å². The van der Waals surface area contributed by atoms with Crippen molar-refractivity contribution >= 4 is 52.1 Å². The first kappa shape index (κ1) is 20.9. The molecule has 2 aromatic carbocycles. The summed E-state index contributed by atoms with van der Waals surface area (Å²) in [6.45, 7) is 3.53. The first-order chi connectivity index (χ1) is 13.6. The van der Waals surface area contributed by atoms with Gasteiger partial charge in [0.15, 0.2) is 5.11 Å². The highest BCUT2D eigenvalue weighted by atomic mass is 35.5. The molecule has 0 bridgehead atoms. The lowest BCUT2D eigenvalue weighted by molar-refractivity contribution is 0.389. The number of halogens is 1. The van der Waals surface area contributed by atoms with Crippen molar-refractivity contribution in [3.8, 4) is 11.5 Å². The first-order valence-electron chi connectivity index (χ1n) is 8.92. The second-order valence-corrected chi connectivity index (χ2v) is 7.91. The van der Waals surface area contributed by atoms with E-state index in [1.54, 1.807) is 38.1 Å². The second kappa shape index (κ2) is 9.58. The molecule has 0 aliphatic carbocycles. The van der Waals surface area contributed by atoms with Crippen LogP contribution in [0.4, 0.5) is 11.4 Å². The second-order valence-electron chi connectivity index (χ2n) is 6.26. The number of piperazine rings is 1. The summed E-state index contributed by atoms with van der Waals surface area (Å²) in [5.74, 6) is 1.20. The SMILES string of the molecule is COc1cc(NC(=S)N2CCN(c3ccccc3SC)CC2)c(OC)cc1Cl. The van der Waals surface area contributed by atoms with E-state index in [0.717, 1.165) is 31.9 Å². The highest BCUT2D eigenvalue weighted by Gasteiger charge is 2.21. The summed E-state index contributed by atoms with van der Waals surface area (Å²) in [7, 11) is 3.19. The quantitative estimate of drug-likeness (QED) is 0.541. The molecular weight excluding hydrogens is 414 g/mol. The molecule has 3 rings (SSSR count). The highest BCUT2D eigenvalue weighted by Crippen LogP contribution is 2.36. The number of thiocarbonyl (C=S) groups is 1. The van der Waals surface area contributed by atoms with Gasteiger partial charge in [-0.3, -0.25) is 0 Å². The summed E-state index contributed by atoms with van der Waals surface area (Å²) < 4.78 is 10.7. The van der Waals surface area contributed by atoms with Gasteiger partial charge in [0.25, 0.3) is 0 Å². The first-order valence-corrected chi connectivity index (χ1v) is 10.9. The summed E-state index contributed by atoms with van der Waals surface area (Å²) >= 11 is 13.6. The Labute approximate surface area is 180 Å². The van der Waals surface area contributed by atoms with Crippen molar-refractivity contribution in [3.05, 3.63) is 41.4 Å². The predicted octanol–water partition coefficient (Wildman–Crippen LogP) is 4.60. The largest absolute Gasteiger partial charge is 0.495 e. The van der Waals surface area contributed by atoms with Crippen molar-refractivity contribution in [1.29, 1.82) is 0 Å². The molecule has 0 aromatic heterocycles. The Bertz CT molecular complexity index is 842. The molecule has 0 atom stereocenters. The van der Waals surface area contributed by atoms with E-state index in [9.17, 15) is 0 Å². The maximum absolute atomic E-state index is 6.18. The number of hydrogen-bond acceptors (Lipinski definition) is 5. The molecule has 1 aliphatic heterocycles. The van der Waals surface area contributed by atoms with Crippen molar-refractivity contribution in [1.82, 2.24) is 4.90 Å². The zero-order chi connectivity index (χ0) is 20.1. The summed E-state index contributed by atoms with van der Waals surface area (Å²) in [5, 5.41) is 4.45. The van der Waals surface area contributed by atoms with Crippen LogP contribution in [-0.2, 0) is 0 Å². The van der Waals surface area contributed by atoms with Crippen molar-refractivity contribution < 1.29 is 9.47 Å². The van der Waals surface area contributed by atoms with E-state index in [-0.39, 0.29) is 0 Å². The molecule has 28 heavy (non-hydrogen) atoms. The molecule has 1 N–H and O–H groups in total. The number of rotatable bonds is 5. The Morgan fingerprint density at radius 2 is 1.75 bits per heavy atom. The number of nitrogens with one attached hydrogen (secondary N) is 1. The van der Waals surface area contributed by atoms with Crippen molar-refractivity contribution in [3.63, 3.8) is 0 Å². The predicted molar refractivity (Wildman–Crippen MR) is 123 cm³/mol. The van der Waals surface area contributed by atoms with Gasteiger partial charge in [-0.05, 0) is 30.6 Å². The summed E-state index contributed by atoms with van der Waals surface area (Å²) in [5.41, 5.74) is 2.03. The maximum atomic E-state index is 6.18. The van der Waals surface area contributed by atoms with E-state index in [0.29, 0.717) is 21.6 Å². The van der Waals surface area contributed by atoms with Crippen LogP contribution in [0.25, 0.3) is 0 Å². The number of ether oxygens (including phenoxy) is 2. The van der Waals surface area contributed by atoms with Crippen molar-refractivity contribution in [2.45, 2.75) is 4.90 Å². The summed E-state index contributed by atoms with van der Waals surface area (Å²) in [6, 6.07) is 12.1. The van der Waals surface area contributed by atoms with Crippen LogP contribution >= 0.6 is 35.6 Å². The average molecular weight is 438 g/mol. The van der Waals surface area contributed by atoms with Crippen LogP contribution in [0.15, 0.2) is 41.3 Å². The topological polar surface area (TPSA) is 37.0 Å². The number of methoxy groups -OCH3 is 2. The third-order valence-corrected chi connectivity index (χ3v) is 6.15. The van der Waals surface area contributed by atoms with Gasteiger partial charge < -0.3 is 24.6 Å². The van der Waals surface area contributed by atoms with Crippen LogP contribution in [0.2, 0.25) is 5.02 Å². The number of benzene rings is 2. The van der Waals surface area contributed by atoms with Gasteiger partial charge in [0.1, 0.15) is 11.5 Å². The molecule has 5 nitrogen and oxygen atoms in total. The number of nitrogens with zero attached hydrogens (tertiary/aromatic N) is 2. The van der Waals surface area contributed by atoms with Gasteiger partial charge in [0.05, 0.1) is 30.6 Å². The third-order valence-electron chi connectivity index (χ3n) is 4.71. The molecule has 1 heterocycles. The van der Waals surface area contributed by atoms with Crippen LogP contribution in [0.3, 0.4) is 0 Å². The fourth-order valence-electron chi connectivity index (χ4n) is 3.19. The molecular formula is C20H24ClN3O2S2. The average Bonchev–Trinajstić information content (AvgIpc) is 2.74. The number of hydrogen-bond donors (Lipinski definition) is 1. The zero-order valence-electron chi connectivity index (χ0n) is 16.2. The smallest absolute Gasteiger partial charge is 0.173 e. The van der Waals surface area contributed by atoms with Gasteiger partial charge >= 0.3 is 0 Å². The van der Waals surface area contributed by atoms with Crippen molar-refractivity contribution in [2.75, 3.05) is 56.9 Å². The van der Waals surface area contributed by atoms with Gasteiger partial charge in [0, 0.05) is 43.2 Å². The lowest BCUT2D eigenvalue weighted by Crippen LogP contribution is -2.50. The maximum Gasteiger partial charge on any atom is 0.173 e. The Kier molecular flexibility index (Phi) is 7.15. The minimum atomic E-state index is 0.497. The van der Waals surface area contributed by atoms with Gasteiger partial charge in [-0.2, -0.15) is 0 Å². The van der Waals surface area contributed by atoms with Gasteiger partial charge in [0.2, 0.25) is 0 Å². The number of thioether (sulfide) groups is 1. The highest BCUT2D eigenvalue weighted by molar-refractivity contribution is 7.98. The normalized spacial score (nSPS) is 14.0. The van der Waals surface area contributed by atoms with Crippen LogP contribution < -0.4 is 19.7 Å². The van der Waals surface area contributed by atoms with E-state index in [2.05, 4.69) is 45.6 Å². The molecule has 0 spiro atoms. The Balaban J connectivity index is 1.66. The van der Waals surface area contributed by atoms with Crippen LogP contribution in [0.1, 0.15) is 0 Å². The van der Waals surface area contributed by atoms with Crippen LogP contribution in [0.5, 0.6) is 11.5 Å². The van der Waals surface area contributed by atoms with Gasteiger partial charge in [-0.25, -0.2) is 0 Å². The van der Waals surface area contributed by atoms with E-state index >= 15 is 0 Å². The Morgan fingerprint density at radius 3 is 2.39 bits per heavy atom. The molecule has 0 radical (unpaired) electrons. The molecule has 0 saturated carbocycles. The minimum absolute atomic E-state index is 0.497. The van der Waals surface area contributed by atoms with Gasteiger partial charge in [-0.15, -0.1) is 11.8 Å². The zero-order valence-corrected chi connectivity index (χ0v) is 18.6. The fourth-order valence-corrected chi connectivity index (χ4v) is 4.34. The third kappa shape index (κ3) is 4.59. The number of anilines is 2. The lowest BCUT2D eigenvalue weighted by Gasteiger charge is -2.38. The molecule has 8 heteroatoms. The molecule has 1 fully saturated rings. The lowest BCUT2D eigenvalue weighted by atomic mass is 10.2. The molecule has 1 aliphatic rings. The van der Waals surface area contributed by atoms with E-state index in [1.807, 2.05) is 0 Å². The monoisotopic (exact) mass is 437 g/mol. The molecule has 0 unspecified atom stereocenters. The van der Waals surface area contributed by atoms with E-state index < -0.39 is 0 Å². The molecule has 150 valence electrons. The standard InChI is InChI=1S/C20H24ClN3O2S2/c1-25-17-13-15(18(26-2)12-14(17)21)22-20(27)24-10-8-23(9-11-24)16-6-4-5-7-19(16)28-3/h4-7,12-13H,8-11H2,1-3H3,(H,22,27). The van der Waals surface area contributed by atoms with Gasteiger partial charge in [-0.1, -0.05) is 23.7 Å². The van der Waals surface area contributed by atoms with E-state index in [4.69, 9.17) is 33.3 Å². The Hall–Kier alpha value is -1.83. The van der Waals surface area contributed by atoms with Crippen LogP contribution in [0, 0.1) is 0 Å². The van der Waals surface area contributed by atoms with E-state index in [1.165, 1.54) is 10.6 Å². The minimum Gasteiger partial charge on any atom is -0.495 e. The molecule has 1 saturated heterocycles. The fraction of sp³-hybridized carbons (Fsp3) is 0.350. The van der Waals surface area contributed by atoms with Crippen molar-refractivity contribution in [2.24, 2.45) is 0 Å². The number of para-hydroxylation sites is 1. The Morgan fingerprint density at radius 1 is 1.07 bits per heavy atom.